The zero-order chi connectivity index (χ0) is 25.1. The monoisotopic (exact) mass is 540 g/mol. The van der Waals surface area contributed by atoms with E-state index in [2.05, 4.69) is 26.6 Å². The first-order valence-corrected chi connectivity index (χ1v) is 11.0. The molecule has 0 aromatic heterocycles. The third-order valence-corrected chi connectivity index (χ3v) is 5.38. The van der Waals surface area contributed by atoms with Crippen LogP contribution in [0, 0.1) is 5.41 Å². The number of hydrogen-bond acceptors (Lipinski definition) is 4. The van der Waals surface area contributed by atoms with Crippen molar-refractivity contribution < 1.29 is 19.5 Å². The van der Waals surface area contributed by atoms with Crippen molar-refractivity contribution >= 4 is 45.7 Å². The Morgan fingerprint density at radius 1 is 0.943 bits per heavy atom. The van der Waals surface area contributed by atoms with Gasteiger partial charge in [0.05, 0.1) is 6.04 Å². The zero-order valence-electron chi connectivity index (χ0n) is 18.4. The number of carbonyl (C=O) groups excluding carboxylic acids is 2. The molecular weight excluding hydrogens is 512 g/mol. The number of nitrogen functional groups attached to an aromatic ring is 1. The number of anilines is 1. The van der Waals surface area contributed by atoms with Crippen LogP contribution in [0.2, 0.25) is 0 Å². The topological polar surface area (TPSA) is 145 Å². The van der Waals surface area contributed by atoms with E-state index in [-0.39, 0.29) is 31.7 Å². The van der Waals surface area contributed by atoms with Gasteiger partial charge in [0.15, 0.2) is 0 Å². The third-order valence-electron chi connectivity index (χ3n) is 4.85. The van der Waals surface area contributed by atoms with Crippen molar-refractivity contribution in [3.63, 3.8) is 0 Å². The summed E-state index contributed by atoms with van der Waals surface area (Å²) in [6, 6.07) is 22.9. The Hall–Kier alpha value is -3.98. The maximum Gasteiger partial charge on any atom is 0.290 e. The van der Waals surface area contributed by atoms with Crippen LogP contribution in [0.4, 0.5) is 5.69 Å². The minimum absolute atomic E-state index is 0. The number of carboxylic acid groups (broad SMARTS) is 1. The van der Waals surface area contributed by atoms with Crippen LogP contribution in [-0.2, 0) is 14.4 Å². The second-order valence-electron chi connectivity index (χ2n) is 7.21. The molecule has 2 amide bonds. The first kappa shape index (κ1) is 29.1. The average Bonchev–Trinajstić information content (AvgIpc) is 2.81. The summed E-state index contributed by atoms with van der Waals surface area (Å²) in [6.07, 6.45) is 0. The summed E-state index contributed by atoms with van der Waals surface area (Å²) in [5.41, 5.74) is 8.08. The minimum Gasteiger partial charge on any atom is -0.483 e. The number of benzene rings is 3. The fourth-order valence-corrected chi connectivity index (χ4v) is 3.41. The van der Waals surface area contributed by atoms with Gasteiger partial charge in [0.2, 0.25) is 11.8 Å². The third kappa shape index (κ3) is 8.71. The highest BCUT2D eigenvalue weighted by Crippen LogP contribution is 2.22. The van der Waals surface area contributed by atoms with Crippen molar-refractivity contribution in [3.05, 3.63) is 100 Å². The van der Waals surface area contributed by atoms with Gasteiger partial charge in [-0.25, -0.2) is 0 Å². The molecule has 0 aliphatic rings. The first-order valence-electron chi connectivity index (χ1n) is 10.2. The van der Waals surface area contributed by atoms with E-state index in [1.165, 1.54) is 0 Å². The lowest BCUT2D eigenvalue weighted by atomic mass is 9.96. The summed E-state index contributed by atoms with van der Waals surface area (Å²) in [7, 11) is 0. The van der Waals surface area contributed by atoms with E-state index >= 15 is 0 Å². The fraction of sp³-hybridized carbons (Fsp3) is 0.154. The van der Waals surface area contributed by atoms with Crippen LogP contribution < -0.4 is 16.4 Å². The van der Waals surface area contributed by atoms with Gasteiger partial charge in [-0.15, -0.1) is 0 Å². The van der Waals surface area contributed by atoms with Crippen LogP contribution in [0.1, 0.15) is 43.0 Å². The van der Waals surface area contributed by atoms with Crippen molar-refractivity contribution in [2.45, 2.75) is 26.3 Å². The van der Waals surface area contributed by atoms with Crippen LogP contribution in [-0.4, -0.2) is 29.2 Å². The Balaban J connectivity index is 0.00000145. The Morgan fingerprint density at radius 2 is 1.49 bits per heavy atom. The normalized spacial score (nSPS) is 11.4. The molecule has 3 rings (SSSR count). The largest absolute Gasteiger partial charge is 0.483 e. The van der Waals surface area contributed by atoms with E-state index in [0.29, 0.717) is 16.8 Å². The Labute approximate surface area is 213 Å². The molecule has 3 aromatic carbocycles. The lowest BCUT2D eigenvalue weighted by Crippen LogP contribution is -2.37. The summed E-state index contributed by atoms with van der Waals surface area (Å²) in [5.74, 6) is -1.91. The van der Waals surface area contributed by atoms with Crippen molar-refractivity contribution in [1.82, 2.24) is 5.32 Å². The zero-order valence-corrected chi connectivity index (χ0v) is 20.0. The highest BCUT2D eigenvalue weighted by Gasteiger charge is 2.29. The van der Waals surface area contributed by atoms with Gasteiger partial charge in [0, 0.05) is 15.7 Å². The number of nitrogens with one attached hydrogen (secondary N) is 3. The van der Waals surface area contributed by atoms with E-state index in [1.54, 1.807) is 48.5 Å². The average molecular weight is 541 g/mol. The predicted molar refractivity (Wildman–Crippen MR) is 141 cm³/mol. The predicted octanol–water partition coefficient (Wildman–Crippen LogP) is 4.67. The van der Waals surface area contributed by atoms with E-state index in [9.17, 15) is 9.59 Å². The van der Waals surface area contributed by atoms with Gasteiger partial charge in [-0.3, -0.25) is 19.8 Å². The molecule has 0 radical (unpaired) electrons. The smallest absolute Gasteiger partial charge is 0.290 e. The number of nitrogens with two attached hydrogens (primary N) is 1. The Morgan fingerprint density at radius 3 is 2.00 bits per heavy atom. The number of amides is 2. The van der Waals surface area contributed by atoms with E-state index in [0.717, 1.165) is 10.0 Å². The number of carbonyl (C=O) groups is 3. The lowest BCUT2D eigenvalue weighted by molar-refractivity contribution is -0.129. The molecule has 9 heteroatoms. The fourth-order valence-electron chi connectivity index (χ4n) is 3.15. The molecule has 35 heavy (non-hydrogen) atoms. The number of hydrogen-bond donors (Lipinski definition) is 5. The molecule has 0 heterocycles. The van der Waals surface area contributed by atoms with Crippen LogP contribution in [0.25, 0.3) is 0 Å². The second-order valence-corrected chi connectivity index (χ2v) is 8.13. The Bertz CT molecular complexity index is 1120. The molecule has 0 bridgehead atoms. The first-order chi connectivity index (χ1) is 16.3. The van der Waals surface area contributed by atoms with Gasteiger partial charge in [0.1, 0.15) is 11.8 Å². The summed E-state index contributed by atoms with van der Waals surface area (Å²) in [5, 5.41) is 20.1. The maximum absolute atomic E-state index is 13.1. The van der Waals surface area contributed by atoms with Gasteiger partial charge >= 0.3 is 0 Å². The standard InChI is InChI=1S/C24H23BrN4O2.CH2O2.CH4/c1-15(16-7-11-19(25)12-8-16)28-23(30)21(17-5-3-2-4-6-17)24(31)29-20-13-9-18(10-14-20)22(26)27;2-1-3;/h2-15,21H,1H3,(H3,26,27)(H,28,30)(H,29,31);1H,(H,2,3);1H4/t15-,21?;;/m1../s1. The molecule has 8 nitrogen and oxygen atoms in total. The van der Waals surface area contributed by atoms with Gasteiger partial charge in [0.25, 0.3) is 6.47 Å². The second kappa shape index (κ2) is 14.3. The van der Waals surface area contributed by atoms with Crippen LogP contribution in [0.15, 0.2) is 83.3 Å². The molecule has 0 aliphatic heterocycles. The van der Waals surface area contributed by atoms with E-state index in [4.69, 9.17) is 21.0 Å². The van der Waals surface area contributed by atoms with Gasteiger partial charge < -0.3 is 21.5 Å². The maximum atomic E-state index is 13.1. The van der Waals surface area contributed by atoms with E-state index in [1.807, 2.05) is 37.3 Å². The molecule has 0 aliphatic carbocycles. The minimum atomic E-state index is -1.02. The quantitative estimate of drug-likeness (QED) is 0.128. The van der Waals surface area contributed by atoms with Crippen LogP contribution in [0.3, 0.4) is 0 Å². The highest BCUT2D eigenvalue weighted by atomic mass is 79.9. The van der Waals surface area contributed by atoms with Crippen molar-refractivity contribution in [2.24, 2.45) is 5.73 Å². The summed E-state index contributed by atoms with van der Waals surface area (Å²) < 4.78 is 0.951. The lowest BCUT2D eigenvalue weighted by Gasteiger charge is -2.21. The van der Waals surface area contributed by atoms with Crippen molar-refractivity contribution in [1.29, 1.82) is 5.41 Å². The summed E-state index contributed by atoms with van der Waals surface area (Å²) in [4.78, 5) is 34.6. The highest BCUT2D eigenvalue weighted by molar-refractivity contribution is 9.10. The van der Waals surface area contributed by atoms with E-state index < -0.39 is 11.8 Å². The van der Waals surface area contributed by atoms with Gasteiger partial charge in [-0.1, -0.05) is 65.8 Å². The molecule has 2 atom stereocenters. The molecule has 6 N–H and O–H groups in total. The number of halogens is 1. The molecule has 3 aromatic rings. The van der Waals surface area contributed by atoms with Crippen molar-refractivity contribution in [2.75, 3.05) is 5.32 Å². The molecular formula is C26H29BrN4O4. The molecule has 0 fully saturated rings. The van der Waals surface area contributed by atoms with Crippen LogP contribution >= 0.6 is 15.9 Å². The molecule has 184 valence electrons. The molecule has 0 saturated carbocycles. The Kier molecular flexibility index (Phi) is 11.9. The summed E-state index contributed by atoms with van der Waals surface area (Å²) in [6.45, 7) is 1.63. The molecule has 0 spiro atoms. The number of rotatable bonds is 7. The van der Waals surface area contributed by atoms with Crippen LogP contribution in [0.5, 0.6) is 0 Å². The molecule has 1 unspecified atom stereocenters. The number of amidine groups is 1. The van der Waals surface area contributed by atoms with Gasteiger partial charge in [-0.05, 0) is 54.4 Å². The summed E-state index contributed by atoms with van der Waals surface area (Å²) >= 11 is 3.40. The SMILES string of the molecule is C.C[C@@H](NC(=O)C(C(=O)Nc1ccc(C(=N)N)cc1)c1ccccc1)c1ccc(Br)cc1.O=CO. The van der Waals surface area contributed by atoms with Crippen molar-refractivity contribution in [3.8, 4) is 0 Å². The van der Waals surface area contributed by atoms with Gasteiger partial charge in [-0.2, -0.15) is 0 Å². The molecule has 0 saturated heterocycles.